The van der Waals surface area contributed by atoms with Crippen LogP contribution in [-0.4, -0.2) is 83.6 Å². The molecule has 1 aliphatic heterocycles. The van der Waals surface area contributed by atoms with Crippen molar-refractivity contribution in [3.05, 3.63) is 77.9 Å². The van der Waals surface area contributed by atoms with E-state index < -0.39 is 23.7 Å². The molecule has 3 aromatic rings. The van der Waals surface area contributed by atoms with E-state index >= 15 is 0 Å². The maximum atomic E-state index is 14.0. The highest BCUT2D eigenvalue weighted by atomic mass is 19.1. The lowest BCUT2D eigenvalue weighted by Gasteiger charge is -2.35. The lowest BCUT2D eigenvalue weighted by Crippen LogP contribution is -2.48. The Labute approximate surface area is 241 Å². The van der Waals surface area contributed by atoms with Gasteiger partial charge in [0.15, 0.2) is 0 Å². The van der Waals surface area contributed by atoms with Gasteiger partial charge in [0.2, 0.25) is 0 Å². The normalized spacial score (nSPS) is 19.6. The molecule has 2 aromatic carbocycles. The third-order valence-corrected chi connectivity index (χ3v) is 6.92. The maximum Gasteiger partial charge on any atom is 0.323 e. The minimum absolute atomic E-state index is 0.00448. The summed E-state index contributed by atoms with van der Waals surface area (Å²) in [4.78, 5) is 50.7. The summed E-state index contributed by atoms with van der Waals surface area (Å²) < 4.78 is 39.3. The van der Waals surface area contributed by atoms with Gasteiger partial charge >= 0.3 is 6.03 Å². The van der Waals surface area contributed by atoms with Gasteiger partial charge in [-0.25, -0.2) is 18.6 Å². The minimum atomic E-state index is -0.831. The molecule has 0 fully saturated rings. The number of nitrogens with one attached hydrogen (secondary N) is 2. The van der Waals surface area contributed by atoms with Gasteiger partial charge < -0.3 is 29.9 Å². The van der Waals surface area contributed by atoms with E-state index in [2.05, 4.69) is 20.6 Å². The third kappa shape index (κ3) is 7.16. The van der Waals surface area contributed by atoms with Crippen molar-refractivity contribution in [3.63, 3.8) is 0 Å². The number of hydrogen-bond donors (Lipinski definition) is 2. The zero-order valence-electron chi connectivity index (χ0n) is 23.6. The minimum Gasteiger partial charge on any atom is -0.491 e. The van der Waals surface area contributed by atoms with Crippen molar-refractivity contribution in [1.29, 1.82) is 0 Å². The summed E-state index contributed by atoms with van der Waals surface area (Å²) in [6, 6.07) is 5.84. The van der Waals surface area contributed by atoms with Gasteiger partial charge in [-0.1, -0.05) is 6.92 Å². The highest BCUT2D eigenvalue weighted by Gasteiger charge is 2.31. The Hall–Kier alpha value is -4.65. The Morgan fingerprint density at radius 1 is 1.07 bits per heavy atom. The highest BCUT2D eigenvalue weighted by Crippen LogP contribution is 2.27. The number of benzene rings is 2. The predicted octanol–water partition coefficient (Wildman–Crippen LogP) is 4.05. The van der Waals surface area contributed by atoms with Crippen molar-refractivity contribution in [2.24, 2.45) is 5.92 Å². The number of rotatable bonds is 4. The zero-order valence-corrected chi connectivity index (χ0v) is 23.6. The summed E-state index contributed by atoms with van der Waals surface area (Å²) >= 11 is 0. The highest BCUT2D eigenvalue weighted by molar-refractivity contribution is 6.01. The molecule has 3 atom stereocenters. The monoisotopic (exact) mass is 582 g/mol. The quantitative estimate of drug-likeness (QED) is 0.476. The third-order valence-electron chi connectivity index (χ3n) is 6.92. The van der Waals surface area contributed by atoms with Crippen molar-refractivity contribution < 1.29 is 32.6 Å². The van der Waals surface area contributed by atoms with E-state index in [1.165, 1.54) is 41.7 Å². The van der Waals surface area contributed by atoms with Crippen LogP contribution in [0.4, 0.5) is 25.0 Å². The molecule has 2 N–H and O–H groups in total. The van der Waals surface area contributed by atoms with Crippen LogP contribution in [0.1, 0.15) is 34.7 Å². The van der Waals surface area contributed by atoms with Gasteiger partial charge in [-0.3, -0.25) is 14.6 Å². The molecular formula is C29H32F2N6O5. The molecule has 4 rings (SSSR count). The molecule has 0 aliphatic carbocycles. The number of carbonyl (C=O) groups excluding carboxylic acids is 3. The van der Waals surface area contributed by atoms with Crippen molar-refractivity contribution >= 4 is 29.2 Å². The number of ether oxygens (including phenoxy) is 2. The summed E-state index contributed by atoms with van der Waals surface area (Å²) in [6.45, 7) is 4.29. The van der Waals surface area contributed by atoms with Crippen LogP contribution < -0.4 is 15.4 Å². The number of nitrogens with zero attached hydrogens (tertiary/aromatic N) is 4. The van der Waals surface area contributed by atoms with Crippen LogP contribution in [0.5, 0.6) is 5.75 Å². The van der Waals surface area contributed by atoms with Gasteiger partial charge in [0.25, 0.3) is 11.8 Å². The van der Waals surface area contributed by atoms with Crippen LogP contribution in [0, 0.1) is 17.6 Å². The average Bonchev–Trinajstić information content (AvgIpc) is 2.98. The SMILES string of the molecule is CO[C@@H]1CN(C)C(=O)c2ccc(NC(=O)Nc3cc(F)ccc3F)cc2OC[C@H](C)N(C(=O)c2cnccn2)C[C@H]1C. The number of amides is 4. The van der Waals surface area contributed by atoms with Gasteiger partial charge in [0.1, 0.15) is 29.7 Å². The number of halogens is 2. The molecule has 11 nitrogen and oxygen atoms in total. The molecule has 2 heterocycles. The standard InChI is InChI=1S/C29H32F2N6O5/c1-17-14-37(28(39)24-13-32-9-10-33-24)18(2)16-42-25-12-20(6-7-21(25)27(38)36(3)15-26(17)41-4)34-29(40)35-23-11-19(30)5-8-22(23)31/h5-13,17-18,26H,14-16H2,1-4H3,(H2,34,35,40)/t17-,18+,26-/m1/s1. The van der Waals surface area contributed by atoms with E-state index in [0.29, 0.717) is 6.54 Å². The molecule has 1 aliphatic rings. The second-order valence-electron chi connectivity index (χ2n) is 10.1. The Morgan fingerprint density at radius 3 is 2.57 bits per heavy atom. The smallest absolute Gasteiger partial charge is 0.323 e. The zero-order chi connectivity index (χ0) is 30.4. The van der Waals surface area contributed by atoms with Gasteiger partial charge in [-0.05, 0) is 31.2 Å². The first-order valence-corrected chi connectivity index (χ1v) is 13.2. The fraction of sp³-hybridized carbons (Fsp3) is 0.345. The Balaban J connectivity index is 1.62. The fourth-order valence-electron chi connectivity index (χ4n) is 4.57. The fourth-order valence-corrected chi connectivity index (χ4v) is 4.57. The van der Waals surface area contributed by atoms with Crippen molar-refractivity contribution in [2.45, 2.75) is 26.0 Å². The van der Waals surface area contributed by atoms with Gasteiger partial charge in [-0.2, -0.15) is 0 Å². The second-order valence-corrected chi connectivity index (χ2v) is 10.1. The molecule has 13 heteroatoms. The van der Waals surface area contributed by atoms with Crippen molar-refractivity contribution in [1.82, 2.24) is 19.8 Å². The lowest BCUT2D eigenvalue weighted by atomic mass is 10.0. The van der Waals surface area contributed by atoms with E-state index in [9.17, 15) is 23.2 Å². The Kier molecular flexibility index (Phi) is 9.63. The van der Waals surface area contributed by atoms with E-state index in [-0.39, 0.29) is 65.4 Å². The van der Waals surface area contributed by atoms with E-state index in [1.807, 2.05) is 13.8 Å². The van der Waals surface area contributed by atoms with Gasteiger partial charge in [0, 0.05) is 63.4 Å². The Bertz CT molecular complexity index is 1440. The number of anilines is 2. The van der Waals surface area contributed by atoms with Gasteiger partial charge in [0.05, 0.1) is 29.6 Å². The number of fused-ring (bicyclic) bond motifs is 1. The van der Waals surface area contributed by atoms with Crippen LogP contribution in [0.3, 0.4) is 0 Å². The molecule has 4 amide bonds. The maximum absolute atomic E-state index is 14.0. The summed E-state index contributed by atoms with van der Waals surface area (Å²) in [7, 11) is 3.19. The molecule has 0 bridgehead atoms. The number of hydrogen-bond acceptors (Lipinski definition) is 7. The van der Waals surface area contributed by atoms with Crippen LogP contribution in [0.15, 0.2) is 55.0 Å². The molecule has 0 radical (unpaired) electrons. The van der Waals surface area contributed by atoms with E-state index in [0.717, 1.165) is 18.2 Å². The summed E-state index contributed by atoms with van der Waals surface area (Å²) in [5, 5.41) is 4.79. The van der Waals surface area contributed by atoms with E-state index in [4.69, 9.17) is 9.47 Å². The molecule has 0 saturated heterocycles. The number of aromatic nitrogens is 2. The van der Waals surface area contributed by atoms with Crippen LogP contribution in [0.25, 0.3) is 0 Å². The average molecular weight is 583 g/mol. The number of carbonyl (C=O) groups is 3. The molecule has 222 valence electrons. The molecule has 1 aromatic heterocycles. The summed E-state index contributed by atoms with van der Waals surface area (Å²) in [5.74, 6) is -2.19. The largest absolute Gasteiger partial charge is 0.491 e. The molecule has 42 heavy (non-hydrogen) atoms. The number of methoxy groups -OCH3 is 1. The van der Waals surface area contributed by atoms with Crippen LogP contribution >= 0.6 is 0 Å². The van der Waals surface area contributed by atoms with Gasteiger partial charge in [-0.15, -0.1) is 0 Å². The molecular weight excluding hydrogens is 550 g/mol. The van der Waals surface area contributed by atoms with Crippen LogP contribution in [0.2, 0.25) is 0 Å². The second kappa shape index (κ2) is 13.3. The first kappa shape index (κ1) is 30.3. The van der Waals surface area contributed by atoms with Crippen molar-refractivity contribution in [3.8, 4) is 5.75 Å². The topological polar surface area (TPSA) is 126 Å². The van der Waals surface area contributed by atoms with Crippen LogP contribution in [-0.2, 0) is 4.74 Å². The first-order chi connectivity index (χ1) is 20.1. The number of urea groups is 1. The van der Waals surface area contributed by atoms with Crippen molar-refractivity contribution in [2.75, 3.05) is 44.5 Å². The lowest BCUT2D eigenvalue weighted by molar-refractivity contribution is 0.0109. The first-order valence-electron chi connectivity index (χ1n) is 13.2. The summed E-state index contributed by atoms with van der Waals surface area (Å²) in [5.41, 5.74) is 0.295. The van der Waals surface area contributed by atoms with E-state index in [1.54, 1.807) is 19.1 Å². The summed E-state index contributed by atoms with van der Waals surface area (Å²) in [6.07, 6.45) is 3.93. The predicted molar refractivity (Wildman–Crippen MR) is 150 cm³/mol. The number of likely N-dealkylation sites (N-methyl/N-ethyl adjacent to an activating group) is 1. The molecule has 0 spiro atoms. The Morgan fingerprint density at radius 2 is 1.86 bits per heavy atom. The molecule has 0 saturated carbocycles. The molecule has 0 unspecified atom stereocenters.